The molecule has 164 valence electrons. The summed E-state index contributed by atoms with van der Waals surface area (Å²) in [6, 6.07) is 10.00. The Labute approximate surface area is 177 Å². The Morgan fingerprint density at radius 1 is 1.13 bits per heavy atom. The van der Waals surface area contributed by atoms with Gasteiger partial charge in [0.25, 0.3) is 0 Å². The van der Waals surface area contributed by atoms with E-state index in [1.165, 1.54) is 12.1 Å². The third-order valence-electron chi connectivity index (χ3n) is 4.70. The van der Waals surface area contributed by atoms with Gasteiger partial charge in [-0.25, -0.2) is 4.98 Å². The number of hydrogen-bond acceptors (Lipinski definition) is 5. The predicted molar refractivity (Wildman–Crippen MR) is 110 cm³/mol. The average Bonchev–Trinajstić information content (AvgIpc) is 3.12. The molecule has 5 nitrogen and oxygen atoms in total. The number of hydrogen-bond donors (Lipinski definition) is 1. The highest BCUT2D eigenvalue weighted by molar-refractivity contribution is 5.66. The first-order chi connectivity index (χ1) is 14.7. The fraction of sp³-hybridized carbons (Fsp3) is 0.261. The molecule has 0 aliphatic carbocycles. The second-order valence-electron chi connectivity index (χ2n) is 6.85. The molecule has 0 radical (unpaired) electrons. The van der Waals surface area contributed by atoms with Crippen molar-refractivity contribution >= 4 is 5.57 Å². The normalized spacial score (nSPS) is 12.2. The van der Waals surface area contributed by atoms with Crippen LogP contribution in [0.2, 0.25) is 0 Å². The van der Waals surface area contributed by atoms with Gasteiger partial charge in [-0.05, 0) is 61.4 Å². The third-order valence-corrected chi connectivity index (χ3v) is 4.70. The number of nitrogens with zero attached hydrogens (tertiary/aromatic N) is 1. The summed E-state index contributed by atoms with van der Waals surface area (Å²) in [5, 5.41) is 9.11. The summed E-state index contributed by atoms with van der Waals surface area (Å²) in [5.74, 6) is 1.87. The van der Waals surface area contributed by atoms with Crippen LogP contribution in [-0.4, -0.2) is 23.8 Å². The summed E-state index contributed by atoms with van der Waals surface area (Å²) in [5.41, 5.74) is 1.94. The van der Waals surface area contributed by atoms with Gasteiger partial charge in [0.05, 0.1) is 19.3 Å². The first-order valence-electron chi connectivity index (χ1n) is 9.45. The van der Waals surface area contributed by atoms with E-state index >= 15 is 0 Å². The molecule has 8 heteroatoms. The molecular weight excluding hydrogens is 411 g/mol. The van der Waals surface area contributed by atoms with Gasteiger partial charge < -0.3 is 19.0 Å². The van der Waals surface area contributed by atoms with E-state index in [9.17, 15) is 13.2 Å². The van der Waals surface area contributed by atoms with Crippen molar-refractivity contribution in [2.24, 2.45) is 0 Å². The van der Waals surface area contributed by atoms with Crippen LogP contribution in [0, 0.1) is 6.92 Å². The molecule has 0 amide bonds. The Hall–Kier alpha value is -3.26. The smallest absolute Gasteiger partial charge is 0.416 e. The van der Waals surface area contributed by atoms with Gasteiger partial charge in [-0.1, -0.05) is 6.08 Å². The second-order valence-corrected chi connectivity index (χ2v) is 6.85. The molecule has 1 N–H and O–H groups in total. The van der Waals surface area contributed by atoms with Gasteiger partial charge in [-0.15, -0.1) is 0 Å². The van der Waals surface area contributed by atoms with Crippen LogP contribution in [0.3, 0.4) is 0 Å². The van der Waals surface area contributed by atoms with E-state index < -0.39 is 11.7 Å². The topological polar surface area (TPSA) is 64.7 Å². The minimum Gasteiger partial charge on any atom is -0.497 e. The van der Waals surface area contributed by atoms with Gasteiger partial charge >= 0.3 is 6.18 Å². The van der Waals surface area contributed by atoms with E-state index in [2.05, 4.69) is 4.98 Å². The summed E-state index contributed by atoms with van der Waals surface area (Å²) < 4.78 is 55.0. The van der Waals surface area contributed by atoms with E-state index in [4.69, 9.17) is 19.0 Å². The van der Waals surface area contributed by atoms with Crippen LogP contribution in [-0.2, 0) is 12.8 Å². The van der Waals surface area contributed by atoms with Crippen molar-refractivity contribution in [1.82, 2.24) is 4.98 Å². The third kappa shape index (κ3) is 5.46. The predicted octanol–water partition coefficient (Wildman–Crippen LogP) is 5.65. The molecule has 31 heavy (non-hydrogen) atoms. The van der Waals surface area contributed by atoms with Gasteiger partial charge in [0, 0.05) is 11.6 Å². The van der Waals surface area contributed by atoms with Crippen LogP contribution in [0.15, 0.2) is 53.0 Å². The fourth-order valence-electron chi connectivity index (χ4n) is 2.89. The van der Waals surface area contributed by atoms with Crippen molar-refractivity contribution < 1.29 is 32.2 Å². The van der Waals surface area contributed by atoms with E-state index in [-0.39, 0.29) is 19.1 Å². The van der Waals surface area contributed by atoms with Crippen molar-refractivity contribution in [2.75, 3.05) is 13.7 Å². The van der Waals surface area contributed by atoms with Crippen molar-refractivity contribution in [1.29, 1.82) is 0 Å². The van der Waals surface area contributed by atoms with Crippen molar-refractivity contribution in [3.63, 3.8) is 0 Å². The first-order valence-corrected chi connectivity index (χ1v) is 9.45. The van der Waals surface area contributed by atoms with Gasteiger partial charge in [0.2, 0.25) is 5.89 Å². The number of allylic oxidation sites excluding steroid dienone is 1. The Morgan fingerprint density at radius 2 is 1.81 bits per heavy atom. The second kappa shape index (κ2) is 9.26. The number of aryl methyl sites for hydroxylation is 1. The largest absolute Gasteiger partial charge is 0.497 e. The number of ether oxygens (including phenoxy) is 2. The number of aromatic nitrogens is 1. The lowest BCUT2D eigenvalue weighted by atomic mass is 10.1. The van der Waals surface area contributed by atoms with Crippen LogP contribution in [0.5, 0.6) is 11.5 Å². The minimum atomic E-state index is -4.40. The van der Waals surface area contributed by atoms with Gasteiger partial charge in [-0.3, -0.25) is 0 Å². The first kappa shape index (κ1) is 22.4. The molecule has 0 saturated heterocycles. The molecule has 1 aromatic heterocycles. The molecule has 0 unspecified atom stereocenters. The summed E-state index contributed by atoms with van der Waals surface area (Å²) in [7, 11) is 1.55. The summed E-state index contributed by atoms with van der Waals surface area (Å²) in [6.45, 7) is 3.60. The van der Waals surface area contributed by atoms with Crippen LogP contribution < -0.4 is 9.47 Å². The van der Waals surface area contributed by atoms with Crippen LogP contribution in [0.4, 0.5) is 13.2 Å². The molecule has 0 saturated carbocycles. The SMILES string of the molecule is COc1cc(OCc2nc(-c3ccc(C(F)(F)F)cc3)oc2C)cc(/C(C)=C/CO)c1. The Bertz CT molecular complexity index is 1070. The van der Waals surface area contributed by atoms with E-state index in [0.29, 0.717) is 28.5 Å². The van der Waals surface area contributed by atoms with Crippen molar-refractivity contribution in [3.05, 3.63) is 71.1 Å². The fourth-order valence-corrected chi connectivity index (χ4v) is 2.89. The molecule has 0 bridgehead atoms. The molecule has 0 aliphatic heterocycles. The number of rotatable bonds is 7. The maximum absolute atomic E-state index is 12.7. The molecule has 0 fully saturated rings. The minimum absolute atomic E-state index is 0.0793. The highest BCUT2D eigenvalue weighted by Crippen LogP contribution is 2.32. The highest BCUT2D eigenvalue weighted by Gasteiger charge is 2.30. The molecule has 3 aromatic rings. The number of aliphatic hydroxyl groups excluding tert-OH is 1. The average molecular weight is 433 g/mol. The number of alkyl halides is 3. The van der Waals surface area contributed by atoms with Crippen molar-refractivity contribution in [2.45, 2.75) is 26.6 Å². The standard InChI is InChI=1S/C23H22F3NO4/c1-14(8-9-28)17-10-19(29-3)12-20(11-17)30-13-21-15(2)31-22(27-21)16-4-6-18(7-5-16)23(24,25)26/h4-8,10-12,28H,9,13H2,1-3H3/b14-8+. The monoisotopic (exact) mass is 433 g/mol. The molecule has 0 atom stereocenters. The summed E-state index contributed by atoms with van der Waals surface area (Å²) >= 11 is 0. The van der Waals surface area contributed by atoms with Crippen LogP contribution in [0.25, 0.3) is 17.0 Å². The lowest BCUT2D eigenvalue weighted by Gasteiger charge is -2.10. The summed E-state index contributed by atoms with van der Waals surface area (Å²) in [6.07, 6.45) is -2.72. The molecule has 3 rings (SSSR count). The van der Waals surface area contributed by atoms with E-state index in [1.54, 1.807) is 26.2 Å². The van der Waals surface area contributed by atoms with Crippen molar-refractivity contribution in [3.8, 4) is 23.0 Å². The molecule has 2 aromatic carbocycles. The Balaban J connectivity index is 1.78. The number of methoxy groups -OCH3 is 1. The van der Waals surface area contributed by atoms with E-state index in [0.717, 1.165) is 23.3 Å². The lowest BCUT2D eigenvalue weighted by Crippen LogP contribution is -2.04. The quantitative estimate of drug-likeness (QED) is 0.522. The number of halogens is 3. The molecular formula is C23H22F3NO4. The maximum atomic E-state index is 12.7. The van der Waals surface area contributed by atoms with Crippen LogP contribution >= 0.6 is 0 Å². The Kier molecular flexibility index (Phi) is 6.70. The Morgan fingerprint density at radius 3 is 2.42 bits per heavy atom. The van der Waals surface area contributed by atoms with Gasteiger partial charge in [-0.2, -0.15) is 13.2 Å². The van der Waals surface area contributed by atoms with Crippen LogP contribution in [0.1, 0.15) is 29.5 Å². The van der Waals surface area contributed by atoms with E-state index in [1.807, 2.05) is 19.1 Å². The summed E-state index contributed by atoms with van der Waals surface area (Å²) in [4.78, 5) is 4.37. The van der Waals surface area contributed by atoms with Gasteiger partial charge in [0.1, 0.15) is 29.6 Å². The zero-order chi connectivity index (χ0) is 22.6. The molecule has 0 aliphatic rings. The zero-order valence-corrected chi connectivity index (χ0v) is 17.3. The molecule has 1 heterocycles. The number of benzene rings is 2. The zero-order valence-electron chi connectivity index (χ0n) is 17.3. The lowest BCUT2D eigenvalue weighted by molar-refractivity contribution is -0.137. The highest BCUT2D eigenvalue weighted by atomic mass is 19.4. The maximum Gasteiger partial charge on any atom is 0.416 e. The number of oxazole rings is 1. The molecule has 0 spiro atoms. The van der Waals surface area contributed by atoms with Gasteiger partial charge in [0.15, 0.2) is 0 Å². The number of aliphatic hydroxyl groups is 1.